The van der Waals surface area contributed by atoms with E-state index in [0.29, 0.717) is 0 Å². The Hall–Kier alpha value is -2.30. The zero-order chi connectivity index (χ0) is 17.5. The second-order valence-electron chi connectivity index (χ2n) is 6.87. The summed E-state index contributed by atoms with van der Waals surface area (Å²) in [6, 6.07) is 10.8. The minimum absolute atomic E-state index is 0.781. The molecule has 1 N–H and O–H groups in total. The number of likely N-dealkylation sites (tertiary alicyclic amines) is 1. The van der Waals surface area contributed by atoms with E-state index in [4.69, 9.17) is 0 Å². The molecule has 1 aliphatic rings. The SMILES string of the molecule is CN=C(NCCn1cc(C)cn1)N1CCC(Cc2ccccc2)CC1. The molecule has 0 spiro atoms. The predicted octanol–water partition coefficient (Wildman–Crippen LogP) is 2.72. The van der Waals surface area contributed by atoms with Gasteiger partial charge in [0.15, 0.2) is 5.96 Å². The fraction of sp³-hybridized carbons (Fsp3) is 0.500. The molecule has 5 nitrogen and oxygen atoms in total. The molecule has 2 aromatic rings. The minimum atomic E-state index is 0.781. The smallest absolute Gasteiger partial charge is 0.193 e. The topological polar surface area (TPSA) is 45.5 Å². The fourth-order valence-electron chi connectivity index (χ4n) is 3.50. The summed E-state index contributed by atoms with van der Waals surface area (Å²) >= 11 is 0. The first-order valence-electron chi connectivity index (χ1n) is 9.23. The van der Waals surface area contributed by atoms with Gasteiger partial charge >= 0.3 is 0 Å². The number of aliphatic imine (C=N–C) groups is 1. The summed E-state index contributed by atoms with van der Waals surface area (Å²) in [5, 5.41) is 7.80. The van der Waals surface area contributed by atoms with Gasteiger partial charge in [0.2, 0.25) is 0 Å². The van der Waals surface area contributed by atoms with E-state index >= 15 is 0 Å². The summed E-state index contributed by atoms with van der Waals surface area (Å²) < 4.78 is 1.97. The number of benzene rings is 1. The van der Waals surface area contributed by atoms with Crippen molar-refractivity contribution < 1.29 is 0 Å². The van der Waals surface area contributed by atoms with E-state index in [0.717, 1.165) is 38.1 Å². The van der Waals surface area contributed by atoms with E-state index in [9.17, 15) is 0 Å². The summed E-state index contributed by atoms with van der Waals surface area (Å²) in [7, 11) is 1.87. The van der Waals surface area contributed by atoms with Crippen LogP contribution in [0, 0.1) is 12.8 Å². The van der Waals surface area contributed by atoms with Gasteiger partial charge in [-0.15, -0.1) is 0 Å². The Labute approximate surface area is 150 Å². The number of hydrogen-bond donors (Lipinski definition) is 1. The minimum Gasteiger partial charge on any atom is -0.354 e. The lowest BCUT2D eigenvalue weighted by Crippen LogP contribution is -2.46. The third-order valence-corrected chi connectivity index (χ3v) is 4.88. The Morgan fingerprint density at radius 1 is 1.24 bits per heavy atom. The largest absolute Gasteiger partial charge is 0.354 e. The van der Waals surface area contributed by atoms with Gasteiger partial charge in [0.05, 0.1) is 12.7 Å². The Morgan fingerprint density at radius 3 is 2.64 bits per heavy atom. The Balaban J connectivity index is 1.42. The summed E-state index contributed by atoms with van der Waals surface area (Å²) in [4.78, 5) is 6.84. The molecule has 0 amide bonds. The van der Waals surface area contributed by atoms with Crippen molar-refractivity contribution >= 4 is 5.96 Å². The summed E-state index contributed by atoms with van der Waals surface area (Å²) in [6.07, 6.45) is 7.62. The lowest BCUT2D eigenvalue weighted by Gasteiger charge is -2.34. The molecule has 0 bridgehead atoms. The average Bonchev–Trinajstić information content (AvgIpc) is 3.06. The highest BCUT2D eigenvalue weighted by molar-refractivity contribution is 5.79. The van der Waals surface area contributed by atoms with Crippen LogP contribution in [-0.2, 0) is 13.0 Å². The number of guanidine groups is 1. The first-order valence-corrected chi connectivity index (χ1v) is 9.23. The normalized spacial score (nSPS) is 16.2. The highest BCUT2D eigenvalue weighted by Crippen LogP contribution is 2.21. The highest BCUT2D eigenvalue weighted by Gasteiger charge is 2.21. The Kier molecular flexibility index (Phi) is 6.09. The van der Waals surface area contributed by atoms with Gasteiger partial charge in [0.1, 0.15) is 0 Å². The zero-order valence-electron chi connectivity index (χ0n) is 15.4. The van der Waals surface area contributed by atoms with Crippen LogP contribution in [0.5, 0.6) is 0 Å². The molecular formula is C20H29N5. The van der Waals surface area contributed by atoms with Gasteiger partial charge in [-0.3, -0.25) is 9.67 Å². The van der Waals surface area contributed by atoms with E-state index in [1.165, 1.54) is 30.4 Å². The lowest BCUT2D eigenvalue weighted by molar-refractivity contribution is 0.259. The second-order valence-corrected chi connectivity index (χ2v) is 6.87. The van der Waals surface area contributed by atoms with Crippen LogP contribution < -0.4 is 5.32 Å². The molecule has 0 radical (unpaired) electrons. The molecule has 1 aromatic carbocycles. The first-order chi connectivity index (χ1) is 12.2. The molecule has 1 fully saturated rings. The van der Waals surface area contributed by atoms with Crippen molar-refractivity contribution in [3.05, 3.63) is 53.9 Å². The molecule has 0 aliphatic carbocycles. The number of nitrogens with zero attached hydrogens (tertiary/aromatic N) is 4. The summed E-state index contributed by atoms with van der Waals surface area (Å²) in [6.45, 7) is 5.93. The maximum absolute atomic E-state index is 4.46. The molecular weight excluding hydrogens is 310 g/mol. The molecule has 134 valence electrons. The van der Waals surface area contributed by atoms with Gasteiger partial charge in [0.25, 0.3) is 0 Å². The number of hydrogen-bond acceptors (Lipinski definition) is 2. The Bertz CT molecular complexity index is 668. The Morgan fingerprint density at radius 2 is 2.00 bits per heavy atom. The van der Waals surface area contributed by atoms with Gasteiger partial charge < -0.3 is 10.2 Å². The first kappa shape index (κ1) is 17.5. The van der Waals surface area contributed by atoms with Gasteiger partial charge in [0, 0.05) is 32.9 Å². The van der Waals surface area contributed by atoms with E-state index in [1.54, 1.807) is 0 Å². The maximum Gasteiger partial charge on any atom is 0.193 e. The third kappa shape index (κ3) is 5.08. The molecule has 0 saturated carbocycles. The number of aryl methyl sites for hydroxylation is 1. The molecule has 3 rings (SSSR count). The van der Waals surface area contributed by atoms with Gasteiger partial charge in [-0.2, -0.15) is 5.10 Å². The van der Waals surface area contributed by atoms with Crippen molar-refractivity contribution in [1.29, 1.82) is 0 Å². The summed E-state index contributed by atoms with van der Waals surface area (Å²) in [5.41, 5.74) is 2.66. The van der Waals surface area contributed by atoms with Gasteiger partial charge in [-0.05, 0) is 43.2 Å². The molecule has 0 unspecified atom stereocenters. The maximum atomic E-state index is 4.46. The second kappa shape index (κ2) is 8.70. The van der Waals surface area contributed by atoms with E-state index in [1.807, 2.05) is 17.9 Å². The third-order valence-electron chi connectivity index (χ3n) is 4.88. The van der Waals surface area contributed by atoms with Crippen LogP contribution >= 0.6 is 0 Å². The summed E-state index contributed by atoms with van der Waals surface area (Å²) in [5.74, 6) is 1.80. The quantitative estimate of drug-likeness (QED) is 0.673. The van der Waals surface area contributed by atoms with Crippen LogP contribution in [0.4, 0.5) is 0 Å². The van der Waals surface area contributed by atoms with Crippen molar-refractivity contribution in [3.63, 3.8) is 0 Å². The number of aromatic nitrogens is 2. The molecule has 5 heteroatoms. The number of piperidine rings is 1. The molecule has 1 aliphatic heterocycles. The molecule has 0 atom stereocenters. The monoisotopic (exact) mass is 339 g/mol. The predicted molar refractivity (Wildman–Crippen MR) is 103 cm³/mol. The van der Waals surface area contributed by atoms with E-state index < -0.39 is 0 Å². The molecule has 25 heavy (non-hydrogen) atoms. The van der Waals surface area contributed by atoms with Crippen LogP contribution in [0.1, 0.15) is 24.0 Å². The molecule has 1 saturated heterocycles. The van der Waals surface area contributed by atoms with Crippen molar-refractivity contribution in [2.45, 2.75) is 32.7 Å². The van der Waals surface area contributed by atoms with E-state index in [-0.39, 0.29) is 0 Å². The highest BCUT2D eigenvalue weighted by atomic mass is 15.3. The molecule has 1 aromatic heterocycles. The average molecular weight is 339 g/mol. The van der Waals surface area contributed by atoms with Gasteiger partial charge in [-0.25, -0.2) is 0 Å². The van der Waals surface area contributed by atoms with Crippen molar-refractivity contribution in [1.82, 2.24) is 20.0 Å². The van der Waals surface area contributed by atoms with Crippen molar-refractivity contribution in [3.8, 4) is 0 Å². The number of rotatable bonds is 5. The standard InChI is InChI=1S/C20H29N5/c1-17-15-23-25(16-17)13-10-22-20(21-2)24-11-8-19(9-12-24)14-18-6-4-3-5-7-18/h3-7,15-16,19H,8-14H2,1-2H3,(H,21,22). The lowest BCUT2D eigenvalue weighted by atomic mass is 9.90. The van der Waals surface area contributed by atoms with Gasteiger partial charge in [-0.1, -0.05) is 30.3 Å². The fourth-order valence-corrected chi connectivity index (χ4v) is 3.50. The molecule has 2 heterocycles. The van der Waals surface area contributed by atoms with Crippen LogP contribution in [-0.4, -0.2) is 47.3 Å². The van der Waals surface area contributed by atoms with Crippen LogP contribution in [0.2, 0.25) is 0 Å². The van der Waals surface area contributed by atoms with Crippen molar-refractivity contribution in [2.24, 2.45) is 10.9 Å². The van der Waals surface area contributed by atoms with E-state index in [2.05, 4.69) is 63.8 Å². The van der Waals surface area contributed by atoms with Crippen LogP contribution in [0.3, 0.4) is 0 Å². The van der Waals surface area contributed by atoms with Crippen molar-refractivity contribution in [2.75, 3.05) is 26.7 Å². The number of nitrogens with one attached hydrogen (secondary N) is 1. The van der Waals surface area contributed by atoms with Crippen LogP contribution in [0.25, 0.3) is 0 Å². The van der Waals surface area contributed by atoms with Crippen LogP contribution in [0.15, 0.2) is 47.7 Å². The zero-order valence-corrected chi connectivity index (χ0v) is 15.4.